The maximum atomic E-state index is 5.86. The van der Waals surface area contributed by atoms with Gasteiger partial charge in [0, 0.05) is 5.56 Å². The van der Waals surface area contributed by atoms with Crippen LogP contribution in [0.15, 0.2) is 18.2 Å². The Morgan fingerprint density at radius 2 is 2.00 bits per heavy atom. The van der Waals surface area contributed by atoms with Crippen molar-refractivity contribution in [1.29, 1.82) is 0 Å². The Morgan fingerprint density at radius 3 is 2.55 bits per heavy atom. The van der Waals surface area contributed by atoms with Crippen LogP contribution in [-0.2, 0) is 12.0 Å². The molecule has 0 saturated heterocycles. The molecule has 0 atom stereocenters. The van der Waals surface area contributed by atoms with E-state index in [2.05, 4.69) is 31.0 Å². The van der Waals surface area contributed by atoms with Crippen molar-refractivity contribution in [1.82, 2.24) is 10.2 Å². The maximum absolute atomic E-state index is 5.86. The van der Waals surface area contributed by atoms with Crippen molar-refractivity contribution in [3.63, 3.8) is 0 Å². The normalized spacial score (nSPS) is 11.4. The van der Waals surface area contributed by atoms with E-state index in [4.69, 9.17) is 15.2 Å². The molecule has 0 fully saturated rings. The molecule has 108 valence electrons. The van der Waals surface area contributed by atoms with Gasteiger partial charge in [0.1, 0.15) is 18.1 Å². The van der Waals surface area contributed by atoms with Crippen LogP contribution in [0.5, 0.6) is 11.5 Å². The molecule has 1 aromatic carbocycles. The molecule has 2 aromatic rings. The average molecular weight is 293 g/mol. The number of nitrogens with zero attached hydrogens (tertiary/aromatic N) is 2. The Kier molecular flexibility index (Phi) is 4.13. The Hall–Kier alpha value is -1.82. The van der Waals surface area contributed by atoms with Gasteiger partial charge in [-0.1, -0.05) is 32.1 Å². The highest BCUT2D eigenvalue weighted by Gasteiger charge is 2.20. The summed E-state index contributed by atoms with van der Waals surface area (Å²) in [6.45, 7) is 6.77. The second kappa shape index (κ2) is 5.66. The first-order valence-electron chi connectivity index (χ1n) is 6.29. The minimum atomic E-state index is -0.0377. The zero-order valence-corrected chi connectivity index (χ0v) is 13.0. The lowest BCUT2D eigenvalue weighted by Gasteiger charge is -2.23. The molecule has 0 saturated carbocycles. The van der Waals surface area contributed by atoms with Gasteiger partial charge in [0.2, 0.25) is 5.13 Å². The van der Waals surface area contributed by atoms with Gasteiger partial charge in [0.25, 0.3) is 0 Å². The van der Waals surface area contributed by atoms with Crippen molar-refractivity contribution >= 4 is 16.5 Å². The number of benzene rings is 1. The number of rotatable bonds is 4. The molecule has 0 spiro atoms. The highest BCUT2D eigenvalue weighted by molar-refractivity contribution is 7.15. The number of nitrogen functional groups attached to an aromatic ring is 1. The second-order valence-electron chi connectivity index (χ2n) is 5.43. The molecule has 5 nitrogen and oxygen atoms in total. The minimum absolute atomic E-state index is 0.0377. The minimum Gasteiger partial charge on any atom is -0.497 e. The largest absolute Gasteiger partial charge is 0.497 e. The van der Waals surface area contributed by atoms with Crippen molar-refractivity contribution < 1.29 is 9.47 Å². The van der Waals surface area contributed by atoms with Crippen molar-refractivity contribution in [2.45, 2.75) is 32.8 Å². The van der Waals surface area contributed by atoms with Gasteiger partial charge < -0.3 is 15.2 Å². The average Bonchev–Trinajstić information content (AvgIpc) is 2.81. The number of hydrogen-bond acceptors (Lipinski definition) is 6. The third-order valence-corrected chi connectivity index (χ3v) is 3.55. The zero-order valence-electron chi connectivity index (χ0n) is 12.1. The summed E-state index contributed by atoms with van der Waals surface area (Å²) < 4.78 is 11.1. The third kappa shape index (κ3) is 3.39. The van der Waals surface area contributed by atoms with E-state index in [0.29, 0.717) is 11.7 Å². The van der Waals surface area contributed by atoms with E-state index in [1.165, 1.54) is 11.3 Å². The van der Waals surface area contributed by atoms with Gasteiger partial charge in [-0.2, -0.15) is 0 Å². The highest BCUT2D eigenvalue weighted by Crippen LogP contribution is 2.34. The van der Waals surface area contributed by atoms with Crippen LogP contribution in [0.2, 0.25) is 0 Å². The Balaban J connectivity index is 2.22. The molecule has 20 heavy (non-hydrogen) atoms. The van der Waals surface area contributed by atoms with E-state index in [1.807, 2.05) is 18.2 Å². The van der Waals surface area contributed by atoms with Gasteiger partial charge in [-0.3, -0.25) is 0 Å². The predicted molar refractivity (Wildman–Crippen MR) is 80.3 cm³/mol. The van der Waals surface area contributed by atoms with Crippen LogP contribution in [0.1, 0.15) is 31.3 Å². The topological polar surface area (TPSA) is 70.3 Å². The monoisotopic (exact) mass is 293 g/mol. The van der Waals surface area contributed by atoms with E-state index in [-0.39, 0.29) is 5.41 Å². The van der Waals surface area contributed by atoms with Crippen LogP contribution in [0.3, 0.4) is 0 Å². The third-order valence-electron chi connectivity index (χ3n) is 2.83. The summed E-state index contributed by atoms with van der Waals surface area (Å²) in [6.07, 6.45) is 0. The Morgan fingerprint density at radius 1 is 1.25 bits per heavy atom. The van der Waals surface area contributed by atoms with E-state index in [0.717, 1.165) is 22.1 Å². The van der Waals surface area contributed by atoms with Gasteiger partial charge >= 0.3 is 0 Å². The quantitative estimate of drug-likeness (QED) is 0.938. The molecule has 0 aliphatic carbocycles. The molecule has 1 aromatic heterocycles. The Labute approximate surface area is 122 Å². The summed E-state index contributed by atoms with van der Waals surface area (Å²) in [7, 11) is 1.66. The van der Waals surface area contributed by atoms with Gasteiger partial charge in [0.15, 0.2) is 5.01 Å². The molecule has 1 heterocycles. The SMILES string of the molecule is COc1ccc(OCc2nnc(N)s2)c(C(C)(C)C)c1. The molecule has 0 amide bonds. The van der Waals surface area contributed by atoms with Crippen molar-refractivity contribution in [3.8, 4) is 11.5 Å². The molecular formula is C14H19N3O2S. The zero-order chi connectivity index (χ0) is 14.8. The first-order chi connectivity index (χ1) is 9.40. The smallest absolute Gasteiger partial charge is 0.203 e. The van der Waals surface area contributed by atoms with E-state index >= 15 is 0 Å². The first kappa shape index (κ1) is 14.6. The number of hydrogen-bond donors (Lipinski definition) is 1. The summed E-state index contributed by atoms with van der Waals surface area (Å²) in [5.74, 6) is 1.65. The molecule has 0 unspecified atom stereocenters. The van der Waals surface area contributed by atoms with E-state index in [1.54, 1.807) is 7.11 Å². The van der Waals surface area contributed by atoms with Crippen LogP contribution >= 0.6 is 11.3 Å². The molecule has 6 heteroatoms. The van der Waals surface area contributed by atoms with E-state index < -0.39 is 0 Å². The molecule has 0 aliphatic rings. The van der Waals surface area contributed by atoms with Gasteiger partial charge in [-0.05, 0) is 23.6 Å². The molecule has 2 rings (SSSR count). The fourth-order valence-electron chi connectivity index (χ4n) is 1.81. The summed E-state index contributed by atoms with van der Waals surface area (Å²) in [4.78, 5) is 0. The summed E-state index contributed by atoms with van der Waals surface area (Å²) >= 11 is 1.33. The predicted octanol–water partition coefficient (Wildman–Crippen LogP) is 3.01. The maximum Gasteiger partial charge on any atom is 0.203 e. The first-order valence-corrected chi connectivity index (χ1v) is 7.11. The summed E-state index contributed by atoms with van der Waals surface area (Å²) in [5, 5.41) is 8.94. The fraction of sp³-hybridized carbons (Fsp3) is 0.429. The Bertz CT molecular complexity index is 590. The molecule has 0 aliphatic heterocycles. The van der Waals surface area contributed by atoms with Crippen molar-refractivity contribution in [2.24, 2.45) is 0 Å². The standard InChI is InChI=1S/C14H19N3O2S/c1-14(2,3)10-7-9(18-4)5-6-11(10)19-8-12-16-17-13(15)20-12/h5-7H,8H2,1-4H3,(H2,15,17). The lowest BCUT2D eigenvalue weighted by Crippen LogP contribution is -2.13. The van der Waals surface area contributed by atoms with Crippen molar-refractivity contribution in [3.05, 3.63) is 28.8 Å². The molecular weight excluding hydrogens is 274 g/mol. The van der Waals surface area contributed by atoms with Crippen LogP contribution in [0.4, 0.5) is 5.13 Å². The van der Waals surface area contributed by atoms with Crippen LogP contribution in [0.25, 0.3) is 0 Å². The lowest BCUT2D eigenvalue weighted by molar-refractivity contribution is 0.295. The number of anilines is 1. The van der Waals surface area contributed by atoms with Gasteiger partial charge in [-0.25, -0.2) is 0 Å². The van der Waals surface area contributed by atoms with Crippen LogP contribution in [0, 0.1) is 0 Å². The molecule has 2 N–H and O–H groups in total. The van der Waals surface area contributed by atoms with Crippen LogP contribution in [-0.4, -0.2) is 17.3 Å². The van der Waals surface area contributed by atoms with Gasteiger partial charge in [-0.15, -0.1) is 10.2 Å². The van der Waals surface area contributed by atoms with Crippen molar-refractivity contribution in [2.75, 3.05) is 12.8 Å². The lowest BCUT2D eigenvalue weighted by atomic mass is 9.86. The summed E-state index contributed by atoms with van der Waals surface area (Å²) in [5.41, 5.74) is 6.61. The highest BCUT2D eigenvalue weighted by atomic mass is 32.1. The molecule has 0 bridgehead atoms. The fourth-order valence-corrected chi connectivity index (χ4v) is 2.33. The van der Waals surface area contributed by atoms with Gasteiger partial charge in [0.05, 0.1) is 7.11 Å². The second-order valence-corrected chi connectivity index (χ2v) is 6.53. The molecule has 0 radical (unpaired) electrons. The number of nitrogens with two attached hydrogens (primary N) is 1. The number of ether oxygens (including phenoxy) is 2. The van der Waals surface area contributed by atoms with E-state index in [9.17, 15) is 0 Å². The summed E-state index contributed by atoms with van der Waals surface area (Å²) in [6, 6.07) is 5.81. The number of methoxy groups -OCH3 is 1. The van der Waals surface area contributed by atoms with Crippen LogP contribution < -0.4 is 15.2 Å². The number of aromatic nitrogens is 2.